The van der Waals surface area contributed by atoms with Gasteiger partial charge in [-0.2, -0.15) is 0 Å². The van der Waals surface area contributed by atoms with Gasteiger partial charge in [0.15, 0.2) is 5.13 Å². The van der Waals surface area contributed by atoms with E-state index in [4.69, 9.17) is 4.74 Å². The lowest BCUT2D eigenvalue weighted by atomic mass is 10.1. The Morgan fingerprint density at radius 3 is 3.00 bits per heavy atom. The maximum Gasteiger partial charge on any atom is 0.239 e. The van der Waals surface area contributed by atoms with Gasteiger partial charge in [0.1, 0.15) is 11.7 Å². The predicted molar refractivity (Wildman–Crippen MR) is 120 cm³/mol. The van der Waals surface area contributed by atoms with Gasteiger partial charge in [0, 0.05) is 28.4 Å². The van der Waals surface area contributed by atoms with Gasteiger partial charge in [-0.3, -0.25) is 9.59 Å². The first-order chi connectivity index (χ1) is 14.6. The summed E-state index contributed by atoms with van der Waals surface area (Å²) in [6.07, 6.45) is 1.38. The van der Waals surface area contributed by atoms with E-state index >= 15 is 0 Å². The first-order valence-corrected chi connectivity index (χ1v) is 11.4. The summed E-state index contributed by atoms with van der Waals surface area (Å²) < 4.78 is 6.39. The van der Waals surface area contributed by atoms with Crippen molar-refractivity contribution in [3.63, 3.8) is 0 Å². The number of halogens is 1. The third-order valence-corrected chi connectivity index (χ3v) is 6.81. The number of nitrogens with zero attached hydrogens (tertiary/aromatic N) is 2. The lowest BCUT2D eigenvalue weighted by molar-refractivity contribution is -0.129. The minimum absolute atomic E-state index is 0.185. The van der Waals surface area contributed by atoms with Crippen molar-refractivity contribution in [2.45, 2.75) is 12.8 Å². The van der Waals surface area contributed by atoms with Crippen LogP contribution in [0.1, 0.15) is 12.0 Å². The van der Waals surface area contributed by atoms with E-state index in [1.165, 1.54) is 16.9 Å². The molecule has 5 rings (SSSR count). The highest BCUT2D eigenvalue weighted by Crippen LogP contribution is 2.34. The molecule has 1 atom stereocenters. The van der Waals surface area contributed by atoms with E-state index in [0.29, 0.717) is 24.7 Å². The monoisotopic (exact) mass is 483 g/mol. The van der Waals surface area contributed by atoms with Gasteiger partial charge in [0.2, 0.25) is 11.8 Å². The molecule has 1 N–H and O–H groups in total. The average Bonchev–Trinajstić information content (AvgIpc) is 3.47. The summed E-state index contributed by atoms with van der Waals surface area (Å²) in [5.41, 5.74) is 3.76. The van der Waals surface area contributed by atoms with Crippen LogP contribution in [0.2, 0.25) is 0 Å². The van der Waals surface area contributed by atoms with Crippen LogP contribution < -0.4 is 15.0 Å². The molecule has 0 saturated carbocycles. The molecule has 2 aliphatic rings. The first kappa shape index (κ1) is 19.3. The molecule has 30 heavy (non-hydrogen) atoms. The molecule has 0 spiro atoms. The minimum atomic E-state index is -0.707. The summed E-state index contributed by atoms with van der Waals surface area (Å²) in [6.45, 7) is 1.23. The van der Waals surface area contributed by atoms with Crippen LogP contribution in [0.4, 0.5) is 10.8 Å². The molecule has 1 fully saturated rings. The standard InChI is InChI=1S/C22H18BrN3O3S/c23-16-3-1-2-4-18(16)26-9-7-15(21(26)28)20(27)25-22-24-17(12-30-22)13-5-6-19-14(11-13)8-10-29-19/h1-6,11-12,15H,7-10H2,(H,24,25,27). The number of aromatic nitrogens is 1. The number of nitrogens with one attached hydrogen (secondary N) is 1. The van der Waals surface area contributed by atoms with Crippen LogP contribution in [0.5, 0.6) is 5.75 Å². The zero-order chi connectivity index (χ0) is 20.7. The van der Waals surface area contributed by atoms with Crippen LogP contribution in [0.15, 0.2) is 52.3 Å². The summed E-state index contributed by atoms with van der Waals surface area (Å²) >= 11 is 4.84. The van der Waals surface area contributed by atoms with Crippen LogP contribution in [-0.4, -0.2) is 29.9 Å². The summed E-state index contributed by atoms with van der Waals surface area (Å²) in [6, 6.07) is 13.5. The molecule has 1 aromatic heterocycles. The van der Waals surface area contributed by atoms with E-state index in [-0.39, 0.29) is 11.8 Å². The largest absolute Gasteiger partial charge is 0.493 e. The van der Waals surface area contributed by atoms with E-state index in [1.807, 2.05) is 41.8 Å². The Bertz CT molecular complexity index is 1150. The number of para-hydroxylation sites is 1. The molecule has 0 bridgehead atoms. The highest BCUT2D eigenvalue weighted by molar-refractivity contribution is 9.10. The third kappa shape index (κ3) is 3.50. The van der Waals surface area contributed by atoms with Gasteiger partial charge in [-0.15, -0.1) is 11.3 Å². The number of hydrogen-bond acceptors (Lipinski definition) is 5. The fourth-order valence-corrected chi connectivity index (χ4v) is 5.06. The van der Waals surface area contributed by atoms with Crippen molar-refractivity contribution in [3.8, 4) is 17.0 Å². The maximum atomic E-state index is 12.8. The Morgan fingerprint density at radius 2 is 2.13 bits per heavy atom. The van der Waals surface area contributed by atoms with Crippen molar-refractivity contribution < 1.29 is 14.3 Å². The van der Waals surface area contributed by atoms with E-state index in [9.17, 15) is 9.59 Å². The lowest BCUT2D eigenvalue weighted by Gasteiger charge is -2.18. The number of anilines is 2. The summed E-state index contributed by atoms with van der Waals surface area (Å²) in [4.78, 5) is 31.8. The Kier molecular flexibility index (Phi) is 5.04. The van der Waals surface area contributed by atoms with Gasteiger partial charge in [-0.1, -0.05) is 12.1 Å². The van der Waals surface area contributed by atoms with Crippen LogP contribution in [0.25, 0.3) is 11.3 Å². The lowest BCUT2D eigenvalue weighted by Crippen LogP contribution is -2.33. The number of carbonyl (C=O) groups is 2. The van der Waals surface area contributed by atoms with Crippen LogP contribution in [-0.2, 0) is 16.0 Å². The second kappa shape index (κ2) is 7.85. The molecule has 6 nitrogen and oxygen atoms in total. The second-order valence-corrected chi connectivity index (χ2v) is 8.94. The Hall–Kier alpha value is -2.71. The number of ether oxygens (including phenoxy) is 1. The fraction of sp³-hybridized carbons (Fsp3) is 0.227. The number of carbonyl (C=O) groups excluding carboxylic acids is 2. The number of fused-ring (bicyclic) bond motifs is 1. The zero-order valence-corrected chi connectivity index (χ0v) is 18.3. The molecule has 1 saturated heterocycles. The van der Waals surface area contributed by atoms with E-state index in [2.05, 4.69) is 32.3 Å². The Balaban J connectivity index is 1.28. The van der Waals surface area contributed by atoms with Crippen LogP contribution in [0, 0.1) is 5.92 Å². The number of thiazole rings is 1. The van der Waals surface area contributed by atoms with Gasteiger partial charge < -0.3 is 15.0 Å². The van der Waals surface area contributed by atoms with Crippen molar-refractivity contribution in [1.29, 1.82) is 0 Å². The molecular weight excluding hydrogens is 466 g/mol. The molecule has 1 unspecified atom stereocenters. The van der Waals surface area contributed by atoms with Crippen molar-refractivity contribution >= 4 is 49.9 Å². The molecule has 152 valence electrons. The topological polar surface area (TPSA) is 71.5 Å². The number of rotatable bonds is 4. The van der Waals surface area contributed by atoms with Crippen LogP contribution in [0.3, 0.4) is 0 Å². The molecule has 3 aromatic rings. The van der Waals surface area contributed by atoms with Crippen molar-refractivity contribution in [1.82, 2.24) is 4.98 Å². The number of hydrogen-bond donors (Lipinski definition) is 1. The van der Waals surface area contributed by atoms with Crippen LogP contribution >= 0.6 is 27.3 Å². The molecule has 3 heterocycles. The van der Waals surface area contributed by atoms with E-state index < -0.39 is 5.92 Å². The molecular formula is C22H18BrN3O3S. The van der Waals surface area contributed by atoms with Crippen molar-refractivity contribution in [3.05, 3.63) is 57.9 Å². The van der Waals surface area contributed by atoms with Gasteiger partial charge in [-0.25, -0.2) is 4.98 Å². The first-order valence-electron chi connectivity index (χ1n) is 9.68. The molecule has 2 aliphatic heterocycles. The molecule has 8 heteroatoms. The highest BCUT2D eigenvalue weighted by Gasteiger charge is 2.38. The minimum Gasteiger partial charge on any atom is -0.493 e. The normalized spacial score (nSPS) is 17.7. The average molecular weight is 484 g/mol. The van der Waals surface area contributed by atoms with E-state index in [1.54, 1.807) is 4.90 Å². The summed E-state index contributed by atoms with van der Waals surface area (Å²) in [7, 11) is 0. The number of amides is 2. The van der Waals surface area contributed by atoms with Crippen molar-refractivity contribution in [2.75, 3.05) is 23.4 Å². The highest BCUT2D eigenvalue weighted by atomic mass is 79.9. The smallest absolute Gasteiger partial charge is 0.239 e. The van der Waals surface area contributed by atoms with E-state index in [0.717, 1.165) is 33.6 Å². The quantitative estimate of drug-likeness (QED) is 0.554. The van der Waals surface area contributed by atoms with Gasteiger partial charge in [-0.05, 0) is 58.2 Å². The second-order valence-electron chi connectivity index (χ2n) is 7.23. The van der Waals surface area contributed by atoms with Crippen molar-refractivity contribution in [2.24, 2.45) is 5.92 Å². The fourth-order valence-electron chi connectivity index (χ4n) is 3.84. The Labute approximate surface area is 186 Å². The molecule has 2 aromatic carbocycles. The zero-order valence-electron chi connectivity index (χ0n) is 15.9. The maximum absolute atomic E-state index is 12.8. The predicted octanol–water partition coefficient (Wildman–Crippen LogP) is 4.50. The van der Waals surface area contributed by atoms with Gasteiger partial charge in [0.25, 0.3) is 0 Å². The summed E-state index contributed by atoms with van der Waals surface area (Å²) in [5, 5.41) is 5.24. The molecule has 2 amide bonds. The Morgan fingerprint density at radius 1 is 1.27 bits per heavy atom. The molecule has 0 aliphatic carbocycles. The third-order valence-electron chi connectivity index (χ3n) is 5.38. The number of benzene rings is 2. The summed E-state index contributed by atoms with van der Waals surface area (Å²) in [5.74, 6) is -0.272. The van der Waals surface area contributed by atoms with Gasteiger partial charge in [0.05, 0.1) is 18.0 Å². The molecule has 0 radical (unpaired) electrons. The van der Waals surface area contributed by atoms with Gasteiger partial charge >= 0.3 is 0 Å². The SMILES string of the molecule is O=C(Nc1nc(-c2ccc3c(c2)CCO3)cs1)C1CCN(c2ccccc2Br)C1=O.